The third-order valence-corrected chi connectivity index (χ3v) is 8.77. The van der Waals surface area contributed by atoms with Gasteiger partial charge in [0.05, 0.1) is 0 Å². The molecule has 0 fully saturated rings. The second-order valence-electron chi connectivity index (χ2n) is 9.13. The first-order valence-corrected chi connectivity index (χ1v) is 13.6. The van der Waals surface area contributed by atoms with Gasteiger partial charge in [0.15, 0.2) is 0 Å². The SMILES string of the molecule is Brc1ccc(-c2ccc(-c3c4ccccc4c(Br)c4ccccc34)c3ccccc23)c2ccccc12. The molecule has 0 aromatic heterocycles. The maximum absolute atomic E-state index is 3.91. The van der Waals surface area contributed by atoms with Gasteiger partial charge in [0.25, 0.3) is 0 Å². The van der Waals surface area contributed by atoms with E-state index in [9.17, 15) is 0 Å². The number of hydrogen-bond acceptors (Lipinski definition) is 0. The van der Waals surface area contributed by atoms with Crippen molar-refractivity contribution in [1.29, 1.82) is 0 Å². The summed E-state index contributed by atoms with van der Waals surface area (Å²) in [5.74, 6) is 0. The quantitative estimate of drug-likeness (QED) is 0.176. The highest BCUT2D eigenvalue weighted by Crippen LogP contribution is 2.45. The zero-order valence-corrected chi connectivity index (χ0v) is 22.5. The zero-order valence-electron chi connectivity index (χ0n) is 19.3. The van der Waals surface area contributed by atoms with Crippen molar-refractivity contribution in [3.8, 4) is 22.3 Å². The van der Waals surface area contributed by atoms with E-state index in [1.165, 1.54) is 65.3 Å². The topological polar surface area (TPSA) is 0 Å². The summed E-state index contributed by atoms with van der Waals surface area (Å²) in [6.07, 6.45) is 0. The fraction of sp³-hybridized carbons (Fsp3) is 0. The summed E-state index contributed by atoms with van der Waals surface area (Å²) in [5, 5.41) is 10.00. The second-order valence-corrected chi connectivity index (χ2v) is 10.8. The van der Waals surface area contributed by atoms with Crippen molar-refractivity contribution < 1.29 is 0 Å². The van der Waals surface area contributed by atoms with E-state index in [0.717, 1.165) is 8.95 Å². The number of hydrogen-bond donors (Lipinski definition) is 0. The molecule has 170 valence electrons. The first-order chi connectivity index (χ1) is 17.7. The van der Waals surface area contributed by atoms with Gasteiger partial charge in [0.2, 0.25) is 0 Å². The first-order valence-electron chi connectivity index (χ1n) is 12.0. The Hall–Kier alpha value is -3.46. The third kappa shape index (κ3) is 3.25. The second kappa shape index (κ2) is 8.58. The van der Waals surface area contributed by atoms with Gasteiger partial charge in [-0.1, -0.05) is 131 Å². The number of halogens is 2. The molecule has 0 heterocycles. The lowest BCUT2D eigenvalue weighted by atomic mass is 9.86. The van der Waals surface area contributed by atoms with E-state index in [4.69, 9.17) is 0 Å². The van der Waals surface area contributed by atoms with Gasteiger partial charge in [-0.25, -0.2) is 0 Å². The molecule has 0 amide bonds. The lowest BCUT2D eigenvalue weighted by Crippen LogP contribution is -1.91. The molecule has 7 aromatic carbocycles. The molecule has 2 heteroatoms. The van der Waals surface area contributed by atoms with Crippen LogP contribution in [0.5, 0.6) is 0 Å². The Bertz CT molecular complexity index is 1910. The summed E-state index contributed by atoms with van der Waals surface area (Å²) in [4.78, 5) is 0. The Balaban J connectivity index is 1.60. The fourth-order valence-electron chi connectivity index (χ4n) is 5.61. The lowest BCUT2D eigenvalue weighted by Gasteiger charge is -2.18. The van der Waals surface area contributed by atoms with Crippen LogP contribution in [0.25, 0.3) is 65.3 Å². The normalized spacial score (nSPS) is 11.6. The molecule has 0 aliphatic carbocycles. The number of fused-ring (bicyclic) bond motifs is 4. The van der Waals surface area contributed by atoms with Crippen LogP contribution in [0.15, 0.2) is 130 Å². The monoisotopic (exact) mass is 586 g/mol. The van der Waals surface area contributed by atoms with Gasteiger partial charge < -0.3 is 0 Å². The summed E-state index contributed by atoms with van der Waals surface area (Å²) in [6.45, 7) is 0. The van der Waals surface area contributed by atoms with Gasteiger partial charge in [0.1, 0.15) is 0 Å². The van der Waals surface area contributed by atoms with Crippen LogP contribution in [-0.4, -0.2) is 0 Å². The zero-order chi connectivity index (χ0) is 24.2. The minimum Gasteiger partial charge on any atom is -0.0616 e. The predicted molar refractivity (Wildman–Crippen MR) is 163 cm³/mol. The minimum atomic E-state index is 1.12. The average Bonchev–Trinajstić information content (AvgIpc) is 2.94. The molecule has 0 nitrogen and oxygen atoms in total. The van der Waals surface area contributed by atoms with E-state index in [1.54, 1.807) is 0 Å². The molecule has 0 saturated heterocycles. The van der Waals surface area contributed by atoms with Gasteiger partial charge in [0, 0.05) is 8.95 Å². The van der Waals surface area contributed by atoms with Crippen molar-refractivity contribution in [1.82, 2.24) is 0 Å². The van der Waals surface area contributed by atoms with Crippen molar-refractivity contribution in [2.45, 2.75) is 0 Å². The Kier molecular flexibility index (Phi) is 5.20. The van der Waals surface area contributed by atoms with E-state index < -0.39 is 0 Å². The lowest BCUT2D eigenvalue weighted by molar-refractivity contribution is 1.65. The highest BCUT2D eigenvalue weighted by molar-refractivity contribution is 9.11. The summed E-state index contributed by atoms with van der Waals surface area (Å²) in [5.41, 5.74) is 5.05. The smallest absolute Gasteiger partial charge is 0.0332 e. The van der Waals surface area contributed by atoms with E-state index in [2.05, 4.69) is 153 Å². The van der Waals surface area contributed by atoms with E-state index in [1.807, 2.05) is 0 Å². The van der Waals surface area contributed by atoms with Crippen LogP contribution in [-0.2, 0) is 0 Å². The minimum absolute atomic E-state index is 1.12. The maximum Gasteiger partial charge on any atom is 0.0332 e. The van der Waals surface area contributed by atoms with Crippen molar-refractivity contribution in [3.63, 3.8) is 0 Å². The molecule has 0 aliphatic rings. The van der Waals surface area contributed by atoms with Crippen LogP contribution in [0.4, 0.5) is 0 Å². The molecule has 0 aliphatic heterocycles. The molecule has 0 radical (unpaired) electrons. The van der Waals surface area contributed by atoms with Gasteiger partial charge in [-0.3, -0.25) is 0 Å². The van der Waals surface area contributed by atoms with Crippen molar-refractivity contribution in [3.05, 3.63) is 130 Å². The van der Waals surface area contributed by atoms with Crippen LogP contribution in [0, 0.1) is 0 Å². The molecule has 0 N–H and O–H groups in total. The largest absolute Gasteiger partial charge is 0.0616 e. The van der Waals surface area contributed by atoms with Gasteiger partial charge in [-0.2, -0.15) is 0 Å². The van der Waals surface area contributed by atoms with Crippen LogP contribution in [0.3, 0.4) is 0 Å². The van der Waals surface area contributed by atoms with E-state index in [-0.39, 0.29) is 0 Å². The Morgan fingerprint density at radius 3 is 1.22 bits per heavy atom. The molecular formula is C34H20Br2. The molecule has 7 aromatic rings. The number of rotatable bonds is 2. The predicted octanol–water partition coefficient (Wildman–Crippen LogP) is 11.2. The van der Waals surface area contributed by atoms with Crippen molar-refractivity contribution >= 4 is 74.9 Å². The van der Waals surface area contributed by atoms with Gasteiger partial charge in [-0.05, 0) is 87.3 Å². The molecular weight excluding hydrogens is 568 g/mol. The molecule has 0 unspecified atom stereocenters. The third-order valence-electron chi connectivity index (χ3n) is 7.22. The highest BCUT2D eigenvalue weighted by atomic mass is 79.9. The Morgan fingerprint density at radius 2 is 0.667 bits per heavy atom. The van der Waals surface area contributed by atoms with Crippen molar-refractivity contribution in [2.75, 3.05) is 0 Å². The van der Waals surface area contributed by atoms with Crippen LogP contribution >= 0.6 is 31.9 Å². The van der Waals surface area contributed by atoms with Crippen LogP contribution in [0.1, 0.15) is 0 Å². The summed E-state index contributed by atoms with van der Waals surface area (Å²) >= 11 is 7.65. The molecule has 0 saturated carbocycles. The Morgan fingerprint density at radius 1 is 0.306 bits per heavy atom. The Labute approximate surface area is 226 Å². The fourth-order valence-corrected chi connectivity index (χ4v) is 6.78. The molecule has 0 atom stereocenters. The molecule has 0 spiro atoms. The summed E-state index contributed by atoms with van der Waals surface area (Å²) < 4.78 is 2.27. The molecule has 0 bridgehead atoms. The molecule has 36 heavy (non-hydrogen) atoms. The van der Waals surface area contributed by atoms with E-state index >= 15 is 0 Å². The standard InChI is InChI=1S/C34H20Br2/c35-32-20-19-25(22-10-3-4-12-26(22)32)24-17-18-29(23-11-2-1-9-21(23)24)33-27-13-5-7-15-30(27)34(36)31-16-8-6-14-28(31)33/h1-20H. The van der Waals surface area contributed by atoms with Crippen LogP contribution in [0.2, 0.25) is 0 Å². The maximum atomic E-state index is 3.91. The van der Waals surface area contributed by atoms with Crippen LogP contribution < -0.4 is 0 Å². The highest BCUT2D eigenvalue weighted by Gasteiger charge is 2.17. The van der Waals surface area contributed by atoms with Gasteiger partial charge in [-0.15, -0.1) is 0 Å². The first kappa shape index (κ1) is 21.8. The molecule has 7 rings (SSSR count). The van der Waals surface area contributed by atoms with Gasteiger partial charge >= 0.3 is 0 Å². The van der Waals surface area contributed by atoms with E-state index in [0.29, 0.717) is 0 Å². The summed E-state index contributed by atoms with van der Waals surface area (Å²) in [6, 6.07) is 43.9. The number of benzene rings is 7. The summed E-state index contributed by atoms with van der Waals surface area (Å²) in [7, 11) is 0. The average molecular weight is 588 g/mol. The van der Waals surface area contributed by atoms with Crippen molar-refractivity contribution in [2.24, 2.45) is 0 Å².